The second-order valence-electron chi connectivity index (χ2n) is 8.59. The van der Waals surface area contributed by atoms with Gasteiger partial charge < -0.3 is 24.0 Å². The Hall–Kier alpha value is -2.60. The van der Waals surface area contributed by atoms with Gasteiger partial charge in [-0.3, -0.25) is 0 Å². The molecule has 2 aliphatic heterocycles. The summed E-state index contributed by atoms with van der Waals surface area (Å²) >= 11 is 6.23. The molecule has 2 aromatic rings. The Morgan fingerprint density at radius 2 is 1.87 bits per heavy atom. The van der Waals surface area contributed by atoms with Crippen molar-refractivity contribution in [2.75, 3.05) is 25.1 Å². The monoisotopic (exact) mass is 430 g/mol. The number of anilines is 2. The largest absolute Gasteiger partial charge is 0.493 e. The van der Waals surface area contributed by atoms with Crippen LogP contribution in [0.2, 0.25) is 5.02 Å². The third-order valence-electron chi connectivity index (χ3n) is 5.31. The molecule has 4 rings (SSSR count). The van der Waals surface area contributed by atoms with Crippen molar-refractivity contribution >= 4 is 29.1 Å². The van der Waals surface area contributed by atoms with Crippen molar-refractivity contribution in [1.82, 2.24) is 4.90 Å². The van der Waals surface area contributed by atoms with Crippen LogP contribution in [-0.4, -0.2) is 42.8 Å². The first kappa shape index (κ1) is 20.7. The summed E-state index contributed by atoms with van der Waals surface area (Å²) in [6.45, 7) is 6.94. The minimum atomic E-state index is -0.494. The molecule has 1 saturated heterocycles. The molecule has 0 bridgehead atoms. The molecule has 0 atom stereocenters. The van der Waals surface area contributed by atoms with Gasteiger partial charge in [0.05, 0.1) is 18.5 Å². The Morgan fingerprint density at radius 3 is 2.53 bits per heavy atom. The van der Waals surface area contributed by atoms with Crippen molar-refractivity contribution in [3.63, 3.8) is 0 Å². The molecule has 160 valence electrons. The van der Waals surface area contributed by atoms with E-state index in [0.29, 0.717) is 35.4 Å². The van der Waals surface area contributed by atoms with Crippen LogP contribution in [0.1, 0.15) is 33.6 Å². The molecule has 0 aliphatic carbocycles. The summed E-state index contributed by atoms with van der Waals surface area (Å²) in [5.74, 6) is 2.06. The second-order valence-corrected chi connectivity index (χ2v) is 9.03. The van der Waals surface area contributed by atoms with Crippen molar-refractivity contribution < 1.29 is 19.0 Å². The predicted octanol–water partition coefficient (Wildman–Crippen LogP) is 5.99. The van der Waals surface area contributed by atoms with Crippen molar-refractivity contribution in [3.8, 4) is 17.2 Å². The molecular formula is C23H27ClN2O4. The van der Waals surface area contributed by atoms with Gasteiger partial charge in [-0.2, -0.15) is 0 Å². The molecule has 0 unspecified atom stereocenters. The molecule has 7 heteroatoms. The van der Waals surface area contributed by atoms with Crippen LogP contribution in [0.3, 0.4) is 0 Å². The zero-order chi connectivity index (χ0) is 21.5. The summed E-state index contributed by atoms with van der Waals surface area (Å²) in [6.07, 6.45) is 1.38. The van der Waals surface area contributed by atoms with Crippen molar-refractivity contribution in [1.29, 1.82) is 0 Å². The molecule has 0 saturated carbocycles. The van der Waals surface area contributed by atoms with E-state index in [0.717, 1.165) is 24.2 Å². The highest BCUT2D eigenvalue weighted by atomic mass is 35.5. The van der Waals surface area contributed by atoms with Crippen LogP contribution in [0.5, 0.6) is 17.2 Å². The van der Waals surface area contributed by atoms with E-state index in [1.807, 2.05) is 57.2 Å². The zero-order valence-electron chi connectivity index (χ0n) is 17.8. The molecule has 0 radical (unpaired) electrons. The van der Waals surface area contributed by atoms with Crippen LogP contribution in [0.25, 0.3) is 0 Å². The quantitative estimate of drug-likeness (QED) is 0.585. The number of methoxy groups -OCH3 is 1. The third kappa shape index (κ3) is 4.01. The normalized spacial score (nSPS) is 16.4. The molecule has 0 N–H and O–H groups in total. The van der Waals surface area contributed by atoms with Gasteiger partial charge in [0.1, 0.15) is 5.60 Å². The molecule has 2 aliphatic rings. The Kier molecular flexibility index (Phi) is 5.45. The molecule has 0 aromatic heterocycles. The van der Waals surface area contributed by atoms with Crippen LogP contribution in [-0.2, 0) is 4.74 Å². The zero-order valence-corrected chi connectivity index (χ0v) is 18.5. The van der Waals surface area contributed by atoms with Gasteiger partial charge in [-0.25, -0.2) is 4.79 Å². The highest BCUT2D eigenvalue weighted by Crippen LogP contribution is 2.52. The van der Waals surface area contributed by atoms with Crippen molar-refractivity contribution in [3.05, 3.63) is 41.4 Å². The topological polar surface area (TPSA) is 51.2 Å². The minimum Gasteiger partial charge on any atom is -0.493 e. The van der Waals surface area contributed by atoms with E-state index >= 15 is 0 Å². The van der Waals surface area contributed by atoms with Gasteiger partial charge in [0.2, 0.25) is 0 Å². The summed E-state index contributed by atoms with van der Waals surface area (Å²) < 4.78 is 17.3. The van der Waals surface area contributed by atoms with Crippen LogP contribution < -0.4 is 14.4 Å². The summed E-state index contributed by atoms with van der Waals surface area (Å²) in [7, 11) is 1.64. The molecular weight excluding hydrogens is 404 g/mol. The first-order chi connectivity index (χ1) is 14.3. The number of benzene rings is 2. The van der Waals surface area contributed by atoms with Gasteiger partial charge in [-0.1, -0.05) is 17.7 Å². The molecule has 30 heavy (non-hydrogen) atoms. The van der Waals surface area contributed by atoms with Crippen LogP contribution in [0.4, 0.5) is 16.2 Å². The van der Waals surface area contributed by atoms with E-state index in [4.69, 9.17) is 25.8 Å². The number of likely N-dealkylation sites (tertiary alicyclic amines) is 1. The van der Waals surface area contributed by atoms with Crippen LogP contribution in [0, 0.1) is 0 Å². The highest BCUT2D eigenvalue weighted by Gasteiger charge is 2.35. The first-order valence-electron chi connectivity index (χ1n) is 10.2. The first-order valence-corrected chi connectivity index (χ1v) is 10.6. The SMILES string of the molecule is COc1cccc2c1Oc1cc(Cl)ccc1N2C1CCN(C(=O)OC(C)(C)C)CC1. The Bertz CT molecular complexity index is 949. The molecule has 2 aromatic carbocycles. The minimum absolute atomic E-state index is 0.207. The lowest BCUT2D eigenvalue weighted by molar-refractivity contribution is 0.0206. The van der Waals surface area contributed by atoms with Crippen molar-refractivity contribution in [2.45, 2.75) is 45.3 Å². The number of piperidine rings is 1. The van der Waals surface area contributed by atoms with E-state index < -0.39 is 5.60 Å². The van der Waals surface area contributed by atoms with E-state index in [1.54, 1.807) is 12.0 Å². The number of hydrogen-bond donors (Lipinski definition) is 0. The summed E-state index contributed by atoms with van der Waals surface area (Å²) in [4.78, 5) is 16.5. The third-order valence-corrected chi connectivity index (χ3v) is 5.55. The standard InChI is InChI=1S/C23H27ClN2O4/c1-23(2,3)30-22(27)25-12-10-16(11-13-25)26-17-9-8-15(24)14-20(17)29-21-18(26)6-5-7-19(21)28-4/h5-9,14,16H,10-13H2,1-4H3. The molecule has 6 nitrogen and oxygen atoms in total. The lowest BCUT2D eigenvalue weighted by atomic mass is 10.00. The van der Waals surface area contributed by atoms with Gasteiger partial charge in [-0.15, -0.1) is 0 Å². The average Bonchev–Trinajstić information content (AvgIpc) is 2.70. The number of para-hydroxylation sites is 1. The van der Waals surface area contributed by atoms with Crippen molar-refractivity contribution in [2.24, 2.45) is 0 Å². The number of hydrogen-bond acceptors (Lipinski definition) is 5. The lowest BCUT2D eigenvalue weighted by Crippen LogP contribution is -2.47. The highest BCUT2D eigenvalue weighted by molar-refractivity contribution is 6.30. The molecule has 2 heterocycles. The molecule has 0 spiro atoms. The number of rotatable bonds is 2. The maximum Gasteiger partial charge on any atom is 0.410 e. The number of ether oxygens (including phenoxy) is 3. The van der Waals surface area contributed by atoms with E-state index in [1.165, 1.54) is 0 Å². The maximum atomic E-state index is 12.5. The smallest absolute Gasteiger partial charge is 0.410 e. The number of halogens is 1. The number of carbonyl (C=O) groups excluding carboxylic acids is 1. The summed E-state index contributed by atoms with van der Waals surface area (Å²) in [5.41, 5.74) is 1.43. The molecule has 1 fully saturated rings. The second kappa shape index (κ2) is 7.91. The number of carbonyl (C=O) groups is 1. The Morgan fingerprint density at radius 1 is 1.13 bits per heavy atom. The van der Waals surface area contributed by atoms with Gasteiger partial charge in [0, 0.05) is 30.2 Å². The number of amides is 1. The van der Waals surface area contributed by atoms with Crippen LogP contribution >= 0.6 is 11.6 Å². The van der Waals surface area contributed by atoms with E-state index in [-0.39, 0.29) is 12.1 Å². The predicted molar refractivity (Wildman–Crippen MR) is 117 cm³/mol. The summed E-state index contributed by atoms with van der Waals surface area (Å²) in [6, 6.07) is 11.8. The summed E-state index contributed by atoms with van der Waals surface area (Å²) in [5, 5.41) is 0.617. The Labute approximate surface area is 182 Å². The van der Waals surface area contributed by atoms with Gasteiger partial charge in [0.25, 0.3) is 0 Å². The van der Waals surface area contributed by atoms with Gasteiger partial charge in [0.15, 0.2) is 17.2 Å². The van der Waals surface area contributed by atoms with E-state index in [2.05, 4.69) is 4.90 Å². The number of fused-ring (bicyclic) bond motifs is 2. The Balaban J connectivity index is 1.61. The van der Waals surface area contributed by atoms with Gasteiger partial charge in [-0.05, 0) is 57.9 Å². The van der Waals surface area contributed by atoms with E-state index in [9.17, 15) is 4.79 Å². The average molecular weight is 431 g/mol. The molecule has 1 amide bonds. The van der Waals surface area contributed by atoms with Crippen LogP contribution in [0.15, 0.2) is 36.4 Å². The number of nitrogens with zero attached hydrogens (tertiary/aromatic N) is 2. The fourth-order valence-corrected chi connectivity index (χ4v) is 4.15. The fraction of sp³-hybridized carbons (Fsp3) is 0.435. The maximum absolute atomic E-state index is 12.5. The lowest BCUT2D eigenvalue weighted by Gasteiger charge is -2.42. The fourth-order valence-electron chi connectivity index (χ4n) is 3.99. The van der Waals surface area contributed by atoms with Gasteiger partial charge >= 0.3 is 6.09 Å².